The molecule has 3 unspecified atom stereocenters. The van der Waals surface area contributed by atoms with E-state index >= 15 is 0 Å². The maximum absolute atomic E-state index is 6.15. The molecule has 0 aliphatic heterocycles. The van der Waals surface area contributed by atoms with Gasteiger partial charge in [-0.25, -0.2) is 0 Å². The molecule has 24 heavy (non-hydrogen) atoms. The van der Waals surface area contributed by atoms with Gasteiger partial charge in [0.1, 0.15) is 0 Å². The molecule has 0 fully saturated rings. The lowest BCUT2D eigenvalue weighted by Gasteiger charge is -2.23. The summed E-state index contributed by atoms with van der Waals surface area (Å²) < 4.78 is 12.1. The van der Waals surface area contributed by atoms with E-state index in [1.165, 1.54) is 11.1 Å². The van der Waals surface area contributed by atoms with Crippen LogP contribution in [0.3, 0.4) is 0 Å². The molecule has 0 amide bonds. The van der Waals surface area contributed by atoms with Gasteiger partial charge in [-0.05, 0) is 64.3 Å². The monoisotopic (exact) mass is 327 g/mol. The third-order valence-corrected chi connectivity index (χ3v) is 4.02. The number of nitrogens with zero attached hydrogens (tertiary/aromatic N) is 1. The molecule has 3 nitrogen and oxygen atoms in total. The number of rotatable bonds is 8. The van der Waals surface area contributed by atoms with E-state index in [2.05, 4.69) is 63.9 Å². The van der Waals surface area contributed by atoms with Crippen LogP contribution in [0.1, 0.15) is 63.6 Å². The first-order valence-electron chi connectivity index (χ1n) is 8.77. The molecule has 2 aromatic rings. The van der Waals surface area contributed by atoms with Crippen LogP contribution in [0.4, 0.5) is 0 Å². The van der Waals surface area contributed by atoms with E-state index in [-0.39, 0.29) is 24.4 Å². The molecule has 0 aliphatic carbocycles. The average molecular weight is 327 g/mol. The predicted octanol–water partition coefficient (Wildman–Crippen LogP) is 5.28. The Morgan fingerprint density at radius 1 is 0.833 bits per heavy atom. The van der Waals surface area contributed by atoms with Crippen LogP contribution < -0.4 is 0 Å². The molecule has 0 saturated carbocycles. The predicted molar refractivity (Wildman–Crippen MR) is 98.0 cm³/mol. The highest BCUT2D eigenvalue weighted by atomic mass is 16.5. The number of hydrogen-bond donors (Lipinski definition) is 0. The molecular formula is C21H29NO2. The molecule has 0 bridgehead atoms. The van der Waals surface area contributed by atoms with Crippen LogP contribution >= 0.6 is 0 Å². The topological polar surface area (TPSA) is 31.4 Å². The highest BCUT2D eigenvalue weighted by Crippen LogP contribution is 2.25. The third-order valence-electron chi connectivity index (χ3n) is 4.02. The van der Waals surface area contributed by atoms with Crippen LogP contribution in [0.2, 0.25) is 0 Å². The Labute approximate surface area is 146 Å². The van der Waals surface area contributed by atoms with Gasteiger partial charge in [-0.2, -0.15) is 0 Å². The summed E-state index contributed by atoms with van der Waals surface area (Å²) in [4.78, 5) is 4.37. The summed E-state index contributed by atoms with van der Waals surface area (Å²) in [5.74, 6) is 0. The van der Waals surface area contributed by atoms with E-state index in [9.17, 15) is 0 Å². The van der Waals surface area contributed by atoms with E-state index in [4.69, 9.17) is 9.47 Å². The first-order valence-corrected chi connectivity index (χ1v) is 8.77. The quantitative estimate of drug-likeness (QED) is 0.661. The molecule has 1 heterocycles. The smallest absolute Gasteiger partial charge is 0.0970 e. The molecular weight excluding hydrogens is 298 g/mol. The molecule has 1 aromatic carbocycles. The Morgan fingerprint density at radius 3 is 2.21 bits per heavy atom. The van der Waals surface area contributed by atoms with Crippen LogP contribution in [0, 0.1) is 0 Å². The van der Waals surface area contributed by atoms with Crippen molar-refractivity contribution in [3.8, 4) is 0 Å². The van der Waals surface area contributed by atoms with Crippen molar-refractivity contribution in [1.82, 2.24) is 4.98 Å². The molecule has 3 atom stereocenters. The van der Waals surface area contributed by atoms with Gasteiger partial charge in [-0.3, -0.25) is 4.98 Å². The second-order valence-corrected chi connectivity index (χ2v) is 6.57. The van der Waals surface area contributed by atoms with Crippen LogP contribution in [0.5, 0.6) is 0 Å². The summed E-state index contributed by atoms with van der Waals surface area (Å²) >= 11 is 0. The van der Waals surface area contributed by atoms with Gasteiger partial charge >= 0.3 is 0 Å². The fourth-order valence-corrected chi connectivity index (χ4v) is 2.99. The first kappa shape index (κ1) is 18.6. The van der Waals surface area contributed by atoms with Crippen molar-refractivity contribution in [3.63, 3.8) is 0 Å². The van der Waals surface area contributed by atoms with E-state index in [1.54, 1.807) is 6.20 Å². The highest BCUT2D eigenvalue weighted by molar-refractivity contribution is 5.29. The van der Waals surface area contributed by atoms with Crippen molar-refractivity contribution in [2.24, 2.45) is 0 Å². The molecule has 0 radical (unpaired) electrons. The van der Waals surface area contributed by atoms with E-state index in [1.807, 2.05) is 18.2 Å². The highest BCUT2D eigenvalue weighted by Gasteiger charge is 2.16. The normalized spacial score (nSPS) is 15.2. The summed E-state index contributed by atoms with van der Waals surface area (Å²) in [6, 6.07) is 14.4. The van der Waals surface area contributed by atoms with Crippen LogP contribution in [0.25, 0.3) is 0 Å². The van der Waals surface area contributed by atoms with Gasteiger partial charge in [0, 0.05) is 6.20 Å². The summed E-state index contributed by atoms with van der Waals surface area (Å²) in [7, 11) is 0. The number of benzene rings is 1. The molecule has 0 N–H and O–H groups in total. The lowest BCUT2D eigenvalue weighted by atomic mass is 9.98. The minimum atomic E-state index is -0.0160. The van der Waals surface area contributed by atoms with Crippen molar-refractivity contribution >= 4 is 0 Å². The number of ether oxygens (including phenoxy) is 2. The van der Waals surface area contributed by atoms with Crippen LogP contribution in [-0.4, -0.2) is 17.2 Å². The SMILES string of the molecule is CC(C)OC(C)c1ccccc1CC(C)OC(C)c1ccccn1. The Hall–Kier alpha value is -1.71. The zero-order valence-corrected chi connectivity index (χ0v) is 15.4. The molecule has 3 heteroatoms. The largest absolute Gasteiger partial charge is 0.371 e. The van der Waals surface area contributed by atoms with Gasteiger partial charge in [-0.15, -0.1) is 0 Å². The van der Waals surface area contributed by atoms with Crippen molar-refractivity contribution < 1.29 is 9.47 Å². The molecule has 0 spiro atoms. The molecule has 2 rings (SSSR count). The summed E-state index contributed by atoms with van der Waals surface area (Å²) in [5.41, 5.74) is 3.49. The lowest BCUT2D eigenvalue weighted by molar-refractivity contribution is 0.00297. The molecule has 0 aliphatic rings. The van der Waals surface area contributed by atoms with Gasteiger partial charge in [0.15, 0.2) is 0 Å². The van der Waals surface area contributed by atoms with Gasteiger partial charge in [-0.1, -0.05) is 30.3 Å². The van der Waals surface area contributed by atoms with Crippen molar-refractivity contribution in [2.75, 3.05) is 0 Å². The Bertz CT molecular complexity index is 612. The van der Waals surface area contributed by atoms with Crippen molar-refractivity contribution in [3.05, 3.63) is 65.5 Å². The maximum atomic E-state index is 6.15. The zero-order valence-electron chi connectivity index (χ0n) is 15.4. The van der Waals surface area contributed by atoms with Gasteiger partial charge in [0.2, 0.25) is 0 Å². The fraction of sp³-hybridized carbons (Fsp3) is 0.476. The maximum Gasteiger partial charge on any atom is 0.0970 e. The molecule has 1 aromatic heterocycles. The van der Waals surface area contributed by atoms with Gasteiger partial charge in [0.25, 0.3) is 0 Å². The zero-order chi connectivity index (χ0) is 17.5. The fourth-order valence-electron chi connectivity index (χ4n) is 2.99. The standard InChI is InChI=1S/C21H29NO2/c1-15(2)23-17(4)20-11-7-6-10-19(20)14-16(3)24-18(5)21-12-8-9-13-22-21/h6-13,15-18H,14H2,1-5H3. The average Bonchev–Trinajstić information content (AvgIpc) is 2.55. The number of aromatic nitrogens is 1. The van der Waals surface area contributed by atoms with Crippen molar-refractivity contribution in [1.29, 1.82) is 0 Å². The Kier molecular flexibility index (Phi) is 6.95. The van der Waals surface area contributed by atoms with E-state index in [0.29, 0.717) is 0 Å². The Morgan fingerprint density at radius 2 is 1.54 bits per heavy atom. The lowest BCUT2D eigenvalue weighted by Crippen LogP contribution is -2.17. The summed E-state index contributed by atoms with van der Waals surface area (Å²) in [6.45, 7) is 10.4. The van der Waals surface area contributed by atoms with E-state index < -0.39 is 0 Å². The molecule has 0 saturated heterocycles. The van der Waals surface area contributed by atoms with E-state index in [0.717, 1.165) is 12.1 Å². The summed E-state index contributed by atoms with van der Waals surface area (Å²) in [6.07, 6.45) is 3.05. The molecule has 130 valence electrons. The second-order valence-electron chi connectivity index (χ2n) is 6.57. The van der Waals surface area contributed by atoms with Crippen LogP contribution in [-0.2, 0) is 15.9 Å². The third kappa shape index (κ3) is 5.43. The van der Waals surface area contributed by atoms with Crippen molar-refractivity contribution in [2.45, 2.75) is 65.5 Å². The van der Waals surface area contributed by atoms with Gasteiger partial charge in [0.05, 0.1) is 30.1 Å². The minimum absolute atomic E-state index is 0.0160. The van der Waals surface area contributed by atoms with Gasteiger partial charge < -0.3 is 9.47 Å². The second kappa shape index (κ2) is 8.95. The summed E-state index contributed by atoms with van der Waals surface area (Å²) in [5, 5.41) is 0. The first-order chi connectivity index (χ1) is 11.5. The van der Waals surface area contributed by atoms with Crippen LogP contribution in [0.15, 0.2) is 48.7 Å². The number of hydrogen-bond acceptors (Lipinski definition) is 3. The Balaban J connectivity index is 2.02. The number of pyridine rings is 1. The minimum Gasteiger partial charge on any atom is -0.371 e.